The molecule has 2 aromatic heterocycles. The number of thiophene rings is 1. The summed E-state index contributed by atoms with van der Waals surface area (Å²) in [4.78, 5) is 13.0. The van der Waals surface area contributed by atoms with Crippen LogP contribution in [0.3, 0.4) is 0 Å². The molecular formula is C15H20N4S. The molecule has 0 fully saturated rings. The van der Waals surface area contributed by atoms with Crippen LogP contribution in [0.1, 0.15) is 29.5 Å². The lowest BCUT2D eigenvalue weighted by Gasteiger charge is -2.28. The molecule has 0 radical (unpaired) electrons. The maximum Gasteiger partial charge on any atom is 0.224 e. The van der Waals surface area contributed by atoms with Crippen LogP contribution in [0.5, 0.6) is 0 Å². The summed E-state index contributed by atoms with van der Waals surface area (Å²) in [5, 5.41) is 5.47. The van der Waals surface area contributed by atoms with E-state index in [9.17, 15) is 0 Å². The summed E-state index contributed by atoms with van der Waals surface area (Å²) in [6.07, 6.45) is 2.20. The minimum atomic E-state index is 0.748. The standard InChI is InChI=1S/C15H20N4S/c1-3-6-16-15-17-11(2)9-14(18-15)19-7-4-13-12(10-19)5-8-20-13/h5,8-9H,3-4,6-7,10H2,1-2H3,(H,16,17,18). The molecule has 4 nitrogen and oxygen atoms in total. The van der Waals surface area contributed by atoms with E-state index in [4.69, 9.17) is 0 Å². The zero-order valence-electron chi connectivity index (χ0n) is 12.0. The number of hydrogen-bond donors (Lipinski definition) is 1. The Balaban J connectivity index is 1.82. The number of anilines is 2. The van der Waals surface area contributed by atoms with Gasteiger partial charge in [-0.05, 0) is 36.8 Å². The van der Waals surface area contributed by atoms with E-state index in [1.807, 2.05) is 18.3 Å². The van der Waals surface area contributed by atoms with Crippen molar-refractivity contribution in [3.63, 3.8) is 0 Å². The van der Waals surface area contributed by atoms with Crippen molar-refractivity contribution in [1.82, 2.24) is 9.97 Å². The molecular weight excluding hydrogens is 268 g/mol. The summed E-state index contributed by atoms with van der Waals surface area (Å²) in [7, 11) is 0. The fraction of sp³-hybridized carbons (Fsp3) is 0.467. The van der Waals surface area contributed by atoms with Gasteiger partial charge in [0.1, 0.15) is 5.82 Å². The first kappa shape index (κ1) is 13.4. The molecule has 0 amide bonds. The van der Waals surface area contributed by atoms with Gasteiger partial charge in [-0.1, -0.05) is 6.92 Å². The third kappa shape index (κ3) is 2.77. The molecule has 0 saturated carbocycles. The van der Waals surface area contributed by atoms with Gasteiger partial charge in [0.2, 0.25) is 5.95 Å². The van der Waals surface area contributed by atoms with E-state index in [-0.39, 0.29) is 0 Å². The maximum atomic E-state index is 4.66. The molecule has 0 aliphatic carbocycles. The Morgan fingerprint density at radius 3 is 3.15 bits per heavy atom. The predicted molar refractivity (Wildman–Crippen MR) is 84.6 cm³/mol. The molecule has 5 heteroatoms. The van der Waals surface area contributed by atoms with E-state index in [0.29, 0.717) is 0 Å². The van der Waals surface area contributed by atoms with E-state index in [1.54, 1.807) is 0 Å². The van der Waals surface area contributed by atoms with Crippen LogP contribution in [0.25, 0.3) is 0 Å². The van der Waals surface area contributed by atoms with Crippen LogP contribution < -0.4 is 10.2 Å². The van der Waals surface area contributed by atoms with Gasteiger partial charge in [-0.2, -0.15) is 4.98 Å². The van der Waals surface area contributed by atoms with Crippen LogP contribution >= 0.6 is 11.3 Å². The number of aromatic nitrogens is 2. The Morgan fingerprint density at radius 2 is 2.30 bits per heavy atom. The van der Waals surface area contributed by atoms with Crippen LogP contribution in [0.15, 0.2) is 17.5 Å². The van der Waals surface area contributed by atoms with Crippen molar-refractivity contribution in [1.29, 1.82) is 0 Å². The van der Waals surface area contributed by atoms with E-state index in [2.05, 4.69) is 44.6 Å². The summed E-state index contributed by atoms with van der Waals surface area (Å²) in [5.41, 5.74) is 2.46. The van der Waals surface area contributed by atoms with Gasteiger partial charge in [-0.3, -0.25) is 0 Å². The van der Waals surface area contributed by atoms with Crippen LogP contribution in [0.2, 0.25) is 0 Å². The normalized spacial score (nSPS) is 14.2. The zero-order chi connectivity index (χ0) is 13.9. The molecule has 1 aliphatic rings. The van der Waals surface area contributed by atoms with Crippen molar-refractivity contribution >= 4 is 23.1 Å². The van der Waals surface area contributed by atoms with Crippen LogP contribution in [-0.4, -0.2) is 23.1 Å². The highest BCUT2D eigenvalue weighted by Gasteiger charge is 2.19. The average Bonchev–Trinajstić information content (AvgIpc) is 2.92. The highest BCUT2D eigenvalue weighted by molar-refractivity contribution is 7.10. The molecule has 3 rings (SSSR count). The maximum absolute atomic E-state index is 4.66. The van der Waals surface area contributed by atoms with Crippen molar-refractivity contribution < 1.29 is 0 Å². The lowest BCUT2D eigenvalue weighted by Crippen LogP contribution is -2.30. The van der Waals surface area contributed by atoms with Gasteiger partial charge in [0.25, 0.3) is 0 Å². The molecule has 1 N–H and O–H groups in total. The first-order chi connectivity index (χ1) is 9.76. The highest BCUT2D eigenvalue weighted by atomic mass is 32.1. The van der Waals surface area contributed by atoms with Crippen molar-refractivity contribution in [2.24, 2.45) is 0 Å². The molecule has 1 aliphatic heterocycles. The van der Waals surface area contributed by atoms with Gasteiger partial charge in [-0.15, -0.1) is 11.3 Å². The van der Waals surface area contributed by atoms with Gasteiger partial charge in [0.05, 0.1) is 0 Å². The predicted octanol–water partition coefficient (Wildman–Crippen LogP) is 3.23. The lowest BCUT2D eigenvalue weighted by atomic mass is 10.1. The molecule has 0 atom stereocenters. The molecule has 0 unspecified atom stereocenters. The lowest BCUT2D eigenvalue weighted by molar-refractivity contribution is 0.729. The minimum absolute atomic E-state index is 0.748. The van der Waals surface area contributed by atoms with Crippen LogP contribution in [0.4, 0.5) is 11.8 Å². The monoisotopic (exact) mass is 288 g/mol. The second-order valence-electron chi connectivity index (χ2n) is 5.16. The first-order valence-corrected chi connectivity index (χ1v) is 8.04. The van der Waals surface area contributed by atoms with Crippen molar-refractivity contribution in [3.05, 3.63) is 33.6 Å². The molecule has 0 bridgehead atoms. The Kier molecular flexibility index (Phi) is 3.87. The highest BCUT2D eigenvalue weighted by Crippen LogP contribution is 2.27. The number of nitrogens with zero attached hydrogens (tertiary/aromatic N) is 3. The molecule has 2 aromatic rings. The minimum Gasteiger partial charge on any atom is -0.354 e. The first-order valence-electron chi connectivity index (χ1n) is 7.16. The zero-order valence-corrected chi connectivity index (χ0v) is 12.8. The molecule has 3 heterocycles. The van der Waals surface area contributed by atoms with Gasteiger partial charge in [0, 0.05) is 36.3 Å². The van der Waals surface area contributed by atoms with Gasteiger partial charge in [0.15, 0.2) is 0 Å². The van der Waals surface area contributed by atoms with Crippen molar-refractivity contribution in [2.75, 3.05) is 23.3 Å². The van der Waals surface area contributed by atoms with Crippen molar-refractivity contribution in [2.45, 2.75) is 33.2 Å². The molecule has 106 valence electrons. The number of nitrogens with one attached hydrogen (secondary N) is 1. The topological polar surface area (TPSA) is 41.1 Å². The van der Waals surface area contributed by atoms with Gasteiger partial charge >= 0.3 is 0 Å². The third-order valence-electron chi connectivity index (χ3n) is 3.51. The molecule has 20 heavy (non-hydrogen) atoms. The van der Waals surface area contributed by atoms with E-state index >= 15 is 0 Å². The van der Waals surface area contributed by atoms with Crippen LogP contribution in [0, 0.1) is 6.92 Å². The number of hydrogen-bond acceptors (Lipinski definition) is 5. The van der Waals surface area contributed by atoms with E-state index < -0.39 is 0 Å². The third-order valence-corrected chi connectivity index (χ3v) is 4.53. The summed E-state index contributed by atoms with van der Waals surface area (Å²) in [6.45, 7) is 7.09. The Bertz CT molecular complexity index is 593. The van der Waals surface area contributed by atoms with Gasteiger partial charge < -0.3 is 10.2 Å². The van der Waals surface area contributed by atoms with E-state index in [0.717, 1.165) is 49.9 Å². The van der Waals surface area contributed by atoms with Crippen molar-refractivity contribution in [3.8, 4) is 0 Å². The largest absolute Gasteiger partial charge is 0.354 e. The summed E-state index contributed by atoms with van der Waals surface area (Å²) >= 11 is 1.87. The quantitative estimate of drug-likeness (QED) is 0.938. The number of fused-ring (bicyclic) bond motifs is 1. The summed E-state index contributed by atoms with van der Waals surface area (Å²) < 4.78 is 0. The molecule has 0 saturated heterocycles. The van der Waals surface area contributed by atoms with Gasteiger partial charge in [-0.25, -0.2) is 4.98 Å². The van der Waals surface area contributed by atoms with Crippen LogP contribution in [-0.2, 0) is 13.0 Å². The van der Waals surface area contributed by atoms with E-state index in [1.165, 1.54) is 10.4 Å². The molecule has 0 spiro atoms. The average molecular weight is 288 g/mol. The fourth-order valence-corrected chi connectivity index (χ4v) is 3.36. The number of rotatable bonds is 4. The fourth-order valence-electron chi connectivity index (χ4n) is 2.47. The Morgan fingerprint density at radius 1 is 1.40 bits per heavy atom. The Hall–Kier alpha value is -1.62. The summed E-state index contributed by atoms with van der Waals surface area (Å²) in [5.74, 6) is 1.78. The second kappa shape index (κ2) is 5.79. The molecule has 0 aromatic carbocycles. The smallest absolute Gasteiger partial charge is 0.224 e. The SMILES string of the molecule is CCCNc1nc(C)cc(N2CCc3sccc3C2)n1. The Labute approximate surface area is 123 Å². The second-order valence-corrected chi connectivity index (χ2v) is 6.16. The number of aryl methyl sites for hydroxylation is 1. The summed E-state index contributed by atoms with van der Waals surface area (Å²) in [6, 6.07) is 4.31.